The zero-order valence-electron chi connectivity index (χ0n) is 11.6. The number of nitrogens with zero attached hydrogens (tertiary/aromatic N) is 3. The third kappa shape index (κ3) is 6.25. The quantitative estimate of drug-likeness (QED) is 0.224. The van der Waals surface area contributed by atoms with E-state index in [0.29, 0.717) is 5.17 Å². The zero-order chi connectivity index (χ0) is 15.5. The number of carbonyl (C=O) groups excluding carboxylic acids is 1. The fourth-order valence-electron chi connectivity index (χ4n) is 1.10. The molecular weight excluding hydrogens is 308 g/mol. The molecule has 1 aromatic heterocycles. The smallest absolute Gasteiger partial charge is 0.350 e. The Labute approximate surface area is 131 Å². The highest BCUT2D eigenvalue weighted by Gasteiger charge is 2.09. The van der Waals surface area contributed by atoms with Crippen molar-refractivity contribution in [3.8, 4) is 6.07 Å². The summed E-state index contributed by atoms with van der Waals surface area (Å²) >= 11 is 2.87. The number of rotatable bonds is 5. The third-order valence-electron chi connectivity index (χ3n) is 2.02. The van der Waals surface area contributed by atoms with Gasteiger partial charge in [0.15, 0.2) is 10.7 Å². The van der Waals surface area contributed by atoms with Gasteiger partial charge in [-0.1, -0.05) is 17.8 Å². The molecule has 1 heterocycles. The van der Waals surface area contributed by atoms with Crippen molar-refractivity contribution >= 4 is 40.5 Å². The van der Waals surface area contributed by atoms with Crippen LogP contribution < -0.4 is 5.43 Å². The maximum absolute atomic E-state index is 11.4. The molecule has 0 fully saturated rings. The molecule has 0 unspecified atom stereocenters. The SMILES string of the molecule is CCOC(=O)/C(C#N)=C\N=C(N/N=C\c1cccs1)SC. The summed E-state index contributed by atoms with van der Waals surface area (Å²) in [6, 6.07) is 5.61. The second-order valence-corrected chi connectivity index (χ2v) is 5.17. The van der Waals surface area contributed by atoms with Crippen LogP contribution in [0.1, 0.15) is 11.8 Å². The molecule has 0 aliphatic carbocycles. The van der Waals surface area contributed by atoms with E-state index in [1.807, 2.05) is 17.5 Å². The highest BCUT2D eigenvalue weighted by atomic mass is 32.2. The summed E-state index contributed by atoms with van der Waals surface area (Å²) in [5.74, 6) is -0.689. The van der Waals surface area contributed by atoms with Crippen LogP contribution in [0.2, 0.25) is 0 Å². The first kappa shape index (κ1) is 16.9. The number of hydrogen-bond donors (Lipinski definition) is 1. The second kappa shape index (κ2) is 9.74. The number of hydrazone groups is 1. The van der Waals surface area contributed by atoms with E-state index in [1.54, 1.807) is 36.8 Å². The number of nitrogens with one attached hydrogen (secondary N) is 1. The van der Waals surface area contributed by atoms with Crippen LogP contribution in [0.15, 0.2) is 39.4 Å². The summed E-state index contributed by atoms with van der Waals surface area (Å²) in [5, 5.41) is 15.3. The molecule has 0 aliphatic rings. The summed E-state index contributed by atoms with van der Waals surface area (Å²) < 4.78 is 4.74. The molecule has 0 spiro atoms. The lowest BCUT2D eigenvalue weighted by Crippen LogP contribution is -2.13. The number of ether oxygens (including phenoxy) is 1. The number of hydrogen-bond acceptors (Lipinski definition) is 7. The average Bonchev–Trinajstić information content (AvgIpc) is 2.99. The van der Waals surface area contributed by atoms with Crippen LogP contribution >= 0.6 is 23.1 Å². The predicted octanol–water partition coefficient (Wildman–Crippen LogP) is 2.36. The predicted molar refractivity (Wildman–Crippen MR) is 86.3 cm³/mol. The Morgan fingerprint density at radius 3 is 3.05 bits per heavy atom. The molecule has 0 amide bonds. The molecule has 0 bridgehead atoms. The molecular formula is C13H14N4O2S2. The third-order valence-corrected chi connectivity index (χ3v) is 3.41. The van der Waals surface area contributed by atoms with Crippen LogP contribution in [-0.4, -0.2) is 30.2 Å². The van der Waals surface area contributed by atoms with E-state index in [4.69, 9.17) is 10.00 Å². The number of esters is 1. The Bertz CT molecular complexity index is 586. The number of thiophene rings is 1. The molecule has 0 atom stereocenters. The van der Waals surface area contributed by atoms with Gasteiger partial charge in [0, 0.05) is 4.88 Å². The molecule has 0 aromatic carbocycles. The molecule has 1 N–H and O–H groups in total. The summed E-state index contributed by atoms with van der Waals surface area (Å²) in [6.07, 6.45) is 4.63. The van der Waals surface area contributed by atoms with Crippen molar-refractivity contribution < 1.29 is 9.53 Å². The van der Waals surface area contributed by atoms with E-state index < -0.39 is 5.97 Å². The number of aliphatic imine (C=N–C) groups is 1. The second-order valence-electron chi connectivity index (χ2n) is 3.40. The molecule has 6 nitrogen and oxygen atoms in total. The van der Waals surface area contributed by atoms with Gasteiger partial charge in [-0.2, -0.15) is 10.4 Å². The maximum atomic E-state index is 11.4. The van der Waals surface area contributed by atoms with Gasteiger partial charge in [-0.05, 0) is 24.6 Å². The fourth-order valence-corrected chi connectivity index (χ4v) is 1.99. The van der Waals surface area contributed by atoms with Crippen LogP contribution in [0, 0.1) is 11.3 Å². The minimum absolute atomic E-state index is 0.160. The Hall–Kier alpha value is -2.11. The van der Waals surface area contributed by atoms with E-state index >= 15 is 0 Å². The van der Waals surface area contributed by atoms with Crippen molar-refractivity contribution in [1.29, 1.82) is 5.26 Å². The van der Waals surface area contributed by atoms with Crippen LogP contribution in [0.3, 0.4) is 0 Å². The van der Waals surface area contributed by atoms with Crippen molar-refractivity contribution in [3.05, 3.63) is 34.2 Å². The van der Waals surface area contributed by atoms with Crippen LogP contribution in [0.4, 0.5) is 0 Å². The maximum Gasteiger partial charge on any atom is 0.350 e. The summed E-state index contributed by atoms with van der Waals surface area (Å²) in [4.78, 5) is 16.4. The van der Waals surface area contributed by atoms with Gasteiger partial charge in [0.1, 0.15) is 6.07 Å². The van der Waals surface area contributed by atoms with Gasteiger partial charge in [0.2, 0.25) is 0 Å². The van der Waals surface area contributed by atoms with Crippen molar-refractivity contribution in [2.45, 2.75) is 6.92 Å². The molecule has 0 saturated carbocycles. The van der Waals surface area contributed by atoms with Gasteiger partial charge in [-0.25, -0.2) is 9.79 Å². The molecule has 8 heteroatoms. The molecule has 0 aliphatic heterocycles. The fraction of sp³-hybridized carbons (Fsp3) is 0.231. The first-order chi connectivity index (χ1) is 10.2. The van der Waals surface area contributed by atoms with Crippen LogP contribution in [0.5, 0.6) is 0 Å². The molecule has 0 radical (unpaired) electrons. The number of carbonyl (C=O) groups is 1. The van der Waals surface area contributed by atoms with E-state index in [-0.39, 0.29) is 12.2 Å². The Morgan fingerprint density at radius 1 is 1.67 bits per heavy atom. The zero-order valence-corrected chi connectivity index (χ0v) is 13.2. The number of thioether (sulfide) groups is 1. The van der Waals surface area contributed by atoms with Gasteiger partial charge < -0.3 is 4.74 Å². The Morgan fingerprint density at radius 2 is 2.48 bits per heavy atom. The monoisotopic (exact) mass is 322 g/mol. The highest BCUT2D eigenvalue weighted by Crippen LogP contribution is 2.05. The molecule has 1 aromatic rings. The summed E-state index contributed by atoms with van der Waals surface area (Å²) in [7, 11) is 0. The topological polar surface area (TPSA) is 86.8 Å². The normalized spacial score (nSPS) is 12.2. The number of amidine groups is 1. The molecule has 110 valence electrons. The average molecular weight is 322 g/mol. The van der Waals surface area contributed by atoms with E-state index in [1.165, 1.54) is 11.8 Å². The molecule has 21 heavy (non-hydrogen) atoms. The van der Waals surface area contributed by atoms with Gasteiger partial charge >= 0.3 is 5.97 Å². The van der Waals surface area contributed by atoms with Crippen molar-refractivity contribution in [3.63, 3.8) is 0 Å². The Kier molecular flexibility index (Phi) is 7.86. The van der Waals surface area contributed by atoms with E-state index in [2.05, 4.69) is 15.5 Å². The minimum Gasteiger partial charge on any atom is -0.462 e. The standard InChI is InChI=1S/C13H14N4O2S2/c1-3-19-12(18)10(7-14)8-15-13(20-2)17-16-9-11-5-4-6-21-11/h4-6,8-9H,3H2,1-2H3,(H,15,17)/b10-8-,16-9-. The Balaban J connectivity index is 2.69. The van der Waals surface area contributed by atoms with Crippen molar-refractivity contribution in [2.75, 3.05) is 12.9 Å². The first-order valence-electron chi connectivity index (χ1n) is 5.93. The van der Waals surface area contributed by atoms with Gasteiger partial charge in [-0.15, -0.1) is 11.3 Å². The molecule has 0 saturated heterocycles. The van der Waals surface area contributed by atoms with Crippen molar-refractivity contribution in [2.24, 2.45) is 10.1 Å². The first-order valence-corrected chi connectivity index (χ1v) is 8.03. The van der Waals surface area contributed by atoms with Crippen LogP contribution in [0.25, 0.3) is 0 Å². The van der Waals surface area contributed by atoms with Gasteiger partial charge in [-0.3, -0.25) is 5.43 Å². The number of nitriles is 1. The van der Waals surface area contributed by atoms with E-state index in [9.17, 15) is 4.79 Å². The lowest BCUT2D eigenvalue weighted by molar-refractivity contribution is -0.138. The minimum atomic E-state index is -0.689. The van der Waals surface area contributed by atoms with Crippen molar-refractivity contribution in [1.82, 2.24) is 5.43 Å². The van der Waals surface area contributed by atoms with Crippen LogP contribution in [-0.2, 0) is 9.53 Å². The molecule has 1 rings (SSSR count). The largest absolute Gasteiger partial charge is 0.462 e. The van der Waals surface area contributed by atoms with Gasteiger partial charge in [0.25, 0.3) is 0 Å². The highest BCUT2D eigenvalue weighted by molar-refractivity contribution is 8.13. The van der Waals surface area contributed by atoms with Gasteiger partial charge in [0.05, 0.1) is 19.0 Å². The lowest BCUT2D eigenvalue weighted by atomic mass is 10.3. The summed E-state index contributed by atoms with van der Waals surface area (Å²) in [5.41, 5.74) is 2.58. The lowest BCUT2D eigenvalue weighted by Gasteiger charge is -2.00. The summed E-state index contributed by atoms with van der Waals surface area (Å²) in [6.45, 7) is 1.88. The van der Waals surface area contributed by atoms with E-state index in [0.717, 1.165) is 11.1 Å².